The van der Waals surface area contributed by atoms with Crippen LogP contribution in [0.15, 0.2) is 11.0 Å². The Bertz CT molecular complexity index is 572. The zero-order chi connectivity index (χ0) is 14.2. The van der Waals surface area contributed by atoms with Crippen LogP contribution < -0.4 is 5.69 Å². The standard InChI is InChI=1S/C10H14N2O5S2/c1-19-12-2-4(9(18)11-10(12)16)8-7(15)6(14)5(3-13)17-8/h2,5-8,13-15H,3H2,1H3,(H,11,16,18)/t5-,6-,7-,8+/m1/s1. The van der Waals surface area contributed by atoms with Gasteiger partial charge in [0.05, 0.1) is 6.61 Å². The van der Waals surface area contributed by atoms with Gasteiger partial charge in [0.1, 0.15) is 29.1 Å². The Morgan fingerprint density at radius 3 is 2.74 bits per heavy atom. The Hall–Kier alpha value is -0.710. The molecule has 0 aliphatic carbocycles. The molecule has 0 unspecified atom stereocenters. The first-order valence-electron chi connectivity index (χ1n) is 5.52. The number of nitrogens with zero attached hydrogens (tertiary/aromatic N) is 1. The molecule has 4 N–H and O–H groups in total. The number of rotatable bonds is 3. The molecular formula is C10H14N2O5S2. The first-order chi connectivity index (χ1) is 8.99. The Morgan fingerprint density at radius 1 is 1.53 bits per heavy atom. The molecule has 1 aromatic rings. The molecular weight excluding hydrogens is 292 g/mol. The highest BCUT2D eigenvalue weighted by Gasteiger charge is 2.43. The van der Waals surface area contributed by atoms with E-state index >= 15 is 0 Å². The SMILES string of the molecule is CSn1cc([C@@H]2O[C@H](CO)[C@@H](O)[C@H]2O)c(=S)[nH]c1=O. The van der Waals surface area contributed by atoms with Gasteiger partial charge in [0.25, 0.3) is 0 Å². The quantitative estimate of drug-likeness (QED) is 0.541. The van der Waals surface area contributed by atoms with Crippen molar-refractivity contribution in [1.82, 2.24) is 8.96 Å². The van der Waals surface area contributed by atoms with Crippen molar-refractivity contribution in [2.24, 2.45) is 0 Å². The molecule has 7 nitrogen and oxygen atoms in total. The van der Waals surface area contributed by atoms with E-state index in [0.29, 0.717) is 5.56 Å². The molecule has 1 fully saturated rings. The van der Waals surface area contributed by atoms with E-state index in [4.69, 9.17) is 22.1 Å². The van der Waals surface area contributed by atoms with Crippen LogP contribution in [-0.4, -0.2) is 55.5 Å². The van der Waals surface area contributed by atoms with Crippen molar-refractivity contribution in [3.63, 3.8) is 0 Å². The summed E-state index contributed by atoms with van der Waals surface area (Å²) < 4.78 is 6.83. The van der Waals surface area contributed by atoms with Gasteiger partial charge in [0.15, 0.2) is 0 Å². The predicted molar refractivity (Wildman–Crippen MR) is 71.5 cm³/mol. The van der Waals surface area contributed by atoms with Gasteiger partial charge in [-0.15, -0.1) is 0 Å². The van der Waals surface area contributed by atoms with Crippen LogP contribution in [0.5, 0.6) is 0 Å². The fourth-order valence-corrected chi connectivity index (χ4v) is 2.65. The lowest BCUT2D eigenvalue weighted by atomic mass is 10.0. The Morgan fingerprint density at radius 2 is 2.21 bits per heavy atom. The number of hydrogen-bond donors (Lipinski definition) is 4. The number of nitrogens with one attached hydrogen (secondary N) is 1. The molecule has 0 saturated carbocycles. The summed E-state index contributed by atoms with van der Waals surface area (Å²) in [6.07, 6.45) is -0.982. The summed E-state index contributed by atoms with van der Waals surface area (Å²) in [5.74, 6) is 0. The summed E-state index contributed by atoms with van der Waals surface area (Å²) in [6.45, 7) is -0.409. The minimum absolute atomic E-state index is 0.144. The number of hydrogen-bond acceptors (Lipinski definition) is 7. The molecule has 9 heteroatoms. The van der Waals surface area contributed by atoms with Crippen LogP contribution in [0.4, 0.5) is 0 Å². The number of ether oxygens (including phenoxy) is 1. The molecule has 0 amide bonds. The normalized spacial score (nSPS) is 30.7. The molecule has 2 heterocycles. The van der Waals surface area contributed by atoms with Gasteiger partial charge in [-0.2, -0.15) is 0 Å². The molecule has 1 aliphatic rings. The number of aromatic amines is 1. The van der Waals surface area contributed by atoms with Crippen LogP contribution in [0.3, 0.4) is 0 Å². The minimum Gasteiger partial charge on any atom is -0.394 e. The molecule has 106 valence electrons. The van der Waals surface area contributed by atoms with Crippen molar-refractivity contribution in [2.75, 3.05) is 12.9 Å². The van der Waals surface area contributed by atoms with E-state index in [1.165, 1.54) is 10.2 Å². The van der Waals surface area contributed by atoms with Gasteiger partial charge in [0, 0.05) is 18.0 Å². The van der Waals surface area contributed by atoms with Gasteiger partial charge < -0.3 is 20.1 Å². The predicted octanol–water partition coefficient (Wildman–Crippen LogP) is -0.814. The van der Waals surface area contributed by atoms with E-state index < -0.39 is 31.0 Å². The number of H-pyrrole nitrogens is 1. The highest BCUT2D eigenvalue weighted by Crippen LogP contribution is 2.33. The zero-order valence-electron chi connectivity index (χ0n) is 10.0. The van der Waals surface area contributed by atoms with Gasteiger partial charge in [-0.3, -0.25) is 4.98 Å². The fourth-order valence-electron chi connectivity index (χ4n) is 1.96. The molecule has 1 aliphatic heterocycles. The van der Waals surface area contributed by atoms with Crippen LogP contribution in [0.1, 0.15) is 11.7 Å². The molecule has 19 heavy (non-hydrogen) atoms. The van der Waals surface area contributed by atoms with Gasteiger partial charge >= 0.3 is 5.69 Å². The van der Waals surface area contributed by atoms with Crippen molar-refractivity contribution in [3.05, 3.63) is 26.9 Å². The van der Waals surface area contributed by atoms with E-state index in [-0.39, 0.29) is 10.3 Å². The van der Waals surface area contributed by atoms with Crippen molar-refractivity contribution in [2.45, 2.75) is 24.4 Å². The first kappa shape index (κ1) is 14.7. The second-order valence-electron chi connectivity index (χ2n) is 4.11. The third-order valence-electron chi connectivity index (χ3n) is 2.98. The van der Waals surface area contributed by atoms with E-state index in [9.17, 15) is 15.0 Å². The van der Waals surface area contributed by atoms with Crippen LogP contribution in [0.25, 0.3) is 0 Å². The van der Waals surface area contributed by atoms with E-state index in [2.05, 4.69) is 4.98 Å². The van der Waals surface area contributed by atoms with Crippen molar-refractivity contribution in [3.8, 4) is 0 Å². The lowest BCUT2D eigenvalue weighted by Crippen LogP contribution is -2.32. The smallest absolute Gasteiger partial charge is 0.336 e. The third kappa shape index (κ3) is 2.62. The Kier molecular flexibility index (Phi) is 4.43. The summed E-state index contributed by atoms with van der Waals surface area (Å²) in [4.78, 5) is 14.0. The molecule has 0 aromatic carbocycles. The van der Waals surface area contributed by atoms with Crippen LogP contribution in [0, 0.1) is 4.64 Å². The summed E-state index contributed by atoms with van der Waals surface area (Å²) in [5.41, 5.74) is 0.0134. The zero-order valence-corrected chi connectivity index (χ0v) is 11.6. The molecule has 1 saturated heterocycles. The van der Waals surface area contributed by atoms with Crippen molar-refractivity contribution < 1.29 is 20.1 Å². The summed E-state index contributed by atoms with van der Waals surface area (Å²) in [6, 6.07) is 0. The van der Waals surface area contributed by atoms with Crippen LogP contribution in [-0.2, 0) is 4.74 Å². The van der Waals surface area contributed by atoms with Crippen molar-refractivity contribution >= 4 is 24.2 Å². The largest absolute Gasteiger partial charge is 0.394 e. The van der Waals surface area contributed by atoms with Gasteiger partial charge in [-0.1, -0.05) is 12.2 Å². The van der Waals surface area contributed by atoms with Gasteiger partial charge in [-0.05, 0) is 11.9 Å². The maximum Gasteiger partial charge on any atom is 0.336 e. The maximum atomic E-state index is 11.5. The average molecular weight is 306 g/mol. The summed E-state index contributed by atoms with van der Waals surface area (Å²) >= 11 is 6.20. The molecule has 0 radical (unpaired) electrons. The second kappa shape index (κ2) is 5.73. The van der Waals surface area contributed by atoms with E-state index in [1.807, 2.05) is 0 Å². The monoisotopic (exact) mass is 306 g/mol. The molecule has 1 aromatic heterocycles. The summed E-state index contributed by atoms with van der Waals surface area (Å²) in [7, 11) is 0. The molecule has 0 bridgehead atoms. The number of aliphatic hydroxyl groups is 3. The van der Waals surface area contributed by atoms with E-state index in [1.54, 1.807) is 6.26 Å². The number of aliphatic hydroxyl groups excluding tert-OH is 3. The van der Waals surface area contributed by atoms with Gasteiger partial charge in [0.2, 0.25) is 0 Å². The lowest BCUT2D eigenvalue weighted by molar-refractivity contribution is -0.0231. The van der Waals surface area contributed by atoms with Gasteiger partial charge in [-0.25, -0.2) is 8.77 Å². The maximum absolute atomic E-state index is 11.5. The fraction of sp³-hybridized carbons (Fsp3) is 0.600. The molecule has 4 atom stereocenters. The summed E-state index contributed by atoms with van der Waals surface area (Å²) in [5, 5.41) is 28.7. The highest BCUT2D eigenvalue weighted by atomic mass is 32.2. The lowest BCUT2D eigenvalue weighted by Gasteiger charge is -2.15. The molecule has 0 spiro atoms. The topological polar surface area (TPSA) is 108 Å². The average Bonchev–Trinajstić information content (AvgIpc) is 2.67. The Labute approximate surface area is 118 Å². The van der Waals surface area contributed by atoms with Crippen molar-refractivity contribution in [1.29, 1.82) is 0 Å². The third-order valence-corrected chi connectivity index (χ3v) is 3.99. The minimum atomic E-state index is -1.21. The Balaban J connectivity index is 2.43. The van der Waals surface area contributed by atoms with Crippen LogP contribution >= 0.6 is 24.2 Å². The van der Waals surface area contributed by atoms with E-state index in [0.717, 1.165) is 11.9 Å². The highest BCUT2D eigenvalue weighted by molar-refractivity contribution is 7.97. The first-order valence-corrected chi connectivity index (χ1v) is 7.11. The second-order valence-corrected chi connectivity index (χ2v) is 5.28. The molecule has 2 rings (SSSR count). The number of aromatic nitrogens is 2. The van der Waals surface area contributed by atoms with Crippen LogP contribution in [0.2, 0.25) is 0 Å².